The molecular formula is C16H31NO3. The van der Waals surface area contributed by atoms with Crippen LogP contribution in [0.4, 0.5) is 0 Å². The van der Waals surface area contributed by atoms with Crippen molar-refractivity contribution in [3.63, 3.8) is 0 Å². The van der Waals surface area contributed by atoms with Crippen molar-refractivity contribution in [1.82, 2.24) is 5.32 Å². The minimum absolute atomic E-state index is 0.181. The molecular weight excluding hydrogens is 254 g/mol. The monoisotopic (exact) mass is 285 g/mol. The van der Waals surface area contributed by atoms with Crippen molar-refractivity contribution in [2.45, 2.75) is 64.4 Å². The fourth-order valence-corrected chi connectivity index (χ4v) is 2.59. The molecule has 1 heterocycles. The van der Waals surface area contributed by atoms with Crippen LogP contribution in [0.2, 0.25) is 0 Å². The summed E-state index contributed by atoms with van der Waals surface area (Å²) in [5.74, 6) is 0.572. The molecule has 4 heteroatoms. The van der Waals surface area contributed by atoms with Crippen molar-refractivity contribution in [1.29, 1.82) is 0 Å². The lowest BCUT2D eigenvalue weighted by atomic mass is 10.00. The third-order valence-corrected chi connectivity index (χ3v) is 3.93. The van der Waals surface area contributed by atoms with Gasteiger partial charge in [0.2, 0.25) is 5.91 Å². The second kappa shape index (κ2) is 11.1. The van der Waals surface area contributed by atoms with Gasteiger partial charge in [-0.05, 0) is 12.8 Å². The van der Waals surface area contributed by atoms with E-state index in [4.69, 9.17) is 9.47 Å². The molecule has 0 bridgehead atoms. The van der Waals surface area contributed by atoms with Gasteiger partial charge < -0.3 is 14.8 Å². The number of carbonyl (C=O) groups excluding carboxylic acids is 1. The first kappa shape index (κ1) is 17.4. The fourth-order valence-electron chi connectivity index (χ4n) is 2.59. The first-order chi connectivity index (χ1) is 9.76. The zero-order valence-corrected chi connectivity index (χ0v) is 13.2. The van der Waals surface area contributed by atoms with E-state index >= 15 is 0 Å². The van der Waals surface area contributed by atoms with E-state index in [1.165, 1.54) is 32.1 Å². The molecule has 0 spiro atoms. The number of rotatable bonds is 10. The smallest absolute Gasteiger partial charge is 0.220 e. The van der Waals surface area contributed by atoms with Gasteiger partial charge >= 0.3 is 0 Å². The van der Waals surface area contributed by atoms with Gasteiger partial charge in [-0.3, -0.25) is 4.79 Å². The van der Waals surface area contributed by atoms with E-state index in [0.717, 1.165) is 19.4 Å². The highest BCUT2D eigenvalue weighted by atomic mass is 16.5. The van der Waals surface area contributed by atoms with E-state index in [9.17, 15) is 4.79 Å². The van der Waals surface area contributed by atoms with Gasteiger partial charge in [0.1, 0.15) is 0 Å². The average Bonchev–Trinajstić information content (AvgIpc) is 2.49. The van der Waals surface area contributed by atoms with Gasteiger partial charge in [0.15, 0.2) is 0 Å². The lowest BCUT2D eigenvalue weighted by Crippen LogP contribution is -2.38. The van der Waals surface area contributed by atoms with E-state index in [0.29, 0.717) is 25.5 Å². The molecule has 0 aromatic heterocycles. The van der Waals surface area contributed by atoms with E-state index in [1.807, 2.05) is 0 Å². The van der Waals surface area contributed by atoms with Crippen molar-refractivity contribution in [3.05, 3.63) is 0 Å². The van der Waals surface area contributed by atoms with Gasteiger partial charge in [-0.1, -0.05) is 39.0 Å². The summed E-state index contributed by atoms with van der Waals surface area (Å²) in [6.07, 6.45) is 9.15. The quantitative estimate of drug-likeness (QED) is 0.628. The number of nitrogens with one attached hydrogen (secondary N) is 1. The molecule has 1 fully saturated rings. The first-order valence-electron chi connectivity index (χ1n) is 8.13. The third kappa shape index (κ3) is 7.85. The Morgan fingerprint density at radius 3 is 2.70 bits per heavy atom. The minimum Gasteiger partial charge on any atom is -0.379 e. The highest BCUT2D eigenvalue weighted by Crippen LogP contribution is 2.15. The number of ether oxygens (including phenoxy) is 2. The van der Waals surface area contributed by atoms with E-state index in [2.05, 4.69) is 12.2 Å². The lowest BCUT2D eigenvalue weighted by Gasteiger charge is -2.28. The molecule has 4 nitrogen and oxygen atoms in total. The zero-order valence-electron chi connectivity index (χ0n) is 13.2. The molecule has 0 aliphatic carbocycles. The maximum atomic E-state index is 11.7. The summed E-state index contributed by atoms with van der Waals surface area (Å²) in [4.78, 5) is 11.7. The zero-order chi connectivity index (χ0) is 14.6. The number of hydrogen-bond donors (Lipinski definition) is 1. The van der Waals surface area contributed by atoms with Crippen molar-refractivity contribution < 1.29 is 14.3 Å². The number of hydrogen-bond acceptors (Lipinski definition) is 3. The SMILES string of the molecule is CCCCCCCCC(=O)NC[C@H]1COC[C@@H](OC)C1. The molecule has 20 heavy (non-hydrogen) atoms. The maximum absolute atomic E-state index is 11.7. The molecule has 1 amide bonds. The molecule has 0 unspecified atom stereocenters. The van der Waals surface area contributed by atoms with Crippen molar-refractivity contribution >= 4 is 5.91 Å². The summed E-state index contributed by atoms with van der Waals surface area (Å²) >= 11 is 0. The van der Waals surface area contributed by atoms with E-state index in [1.54, 1.807) is 7.11 Å². The summed E-state index contributed by atoms with van der Waals surface area (Å²) in [7, 11) is 1.72. The normalized spacial score (nSPS) is 22.7. The standard InChI is InChI=1S/C16H31NO3/c1-3-4-5-6-7-8-9-16(18)17-11-14-10-15(19-2)13-20-12-14/h14-15H,3-13H2,1-2H3,(H,17,18)/t14-,15-/m0/s1. The lowest BCUT2D eigenvalue weighted by molar-refractivity contribution is -0.122. The molecule has 1 rings (SSSR count). The van der Waals surface area contributed by atoms with Crippen molar-refractivity contribution in [3.8, 4) is 0 Å². The van der Waals surface area contributed by atoms with Crippen LogP contribution in [0.15, 0.2) is 0 Å². The highest BCUT2D eigenvalue weighted by Gasteiger charge is 2.22. The molecule has 1 N–H and O–H groups in total. The molecule has 1 saturated heterocycles. The predicted octanol–water partition coefficient (Wildman–Crippen LogP) is 2.90. The molecule has 1 aliphatic rings. The highest BCUT2D eigenvalue weighted by molar-refractivity contribution is 5.75. The van der Waals surface area contributed by atoms with Crippen LogP contribution in [0, 0.1) is 5.92 Å². The number of unbranched alkanes of at least 4 members (excludes halogenated alkanes) is 5. The van der Waals surface area contributed by atoms with Crippen LogP contribution in [0.1, 0.15) is 58.3 Å². The Morgan fingerprint density at radius 2 is 1.95 bits per heavy atom. The molecule has 118 valence electrons. The Bertz CT molecular complexity index is 258. The van der Waals surface area contributed by atoms with Crippen molar-refractivity contribution in [2.24, 2.45) is 5.92 Å². The number of methoxy groups -OCH3 is 1. The van der Waals surface area contributed by atoms with Crippen LogP contribution < -0.4 is 5.32 Å². The Labute approximate surface area is 123 Å². The van der Waals surface area contributed by atoms with Gasteiger partial charge in [0.25, 0.3) is 0 Å². The molecule has 0 saturated carbocycles. The molecule has 1 aliphatic heterocycles. The molecule has 2 atom stereocenters. The van der Waals surface area contributed by atoms with E-state index < -0.39 is 0 Å². The topological polar surface area (TPSA) is 47.6 Å². The summed E-state index contributed by atoms with van der Waals surface area (Å²) in [6.45, 7) is 4.35. The van der Waals surface area contributed by atoms with Crippen LogP contribution in [-0.4, -0.2) is 38.9 Å². The third-order valence-electron chi connectivity index (χ3n) is 3.93. The summed E-state index contributed by atoms with van der Waals surface area (Å²) in [5, 5.41) is 3.02. The number of amides is 1. The Balaban J connectivity index is 1.99. The Kier molecular flexibility index (Phi) is 9.67. The number of carbonyl (C=O) groups is 1. The fraction of sp³-hybridized carbons (Fsp3) is 0.938. The van der Waals surface area contributed by atoms with Gasteiger partial charge in [0, 0.05) is 26.0 Å². The van der Waals surface area contributed by atoms with Gasteiger partial charge in [0.05, 0.1) is 19.3 Å². The van der Waals surface area contributed by atoms with Crippen LogP contribution in [0.3, 0.4) is 0 Å². The predicted molar refractivity (Wildman–Crippen MR) is 80.7 cm³/mol. The largest absolute Gasteiger partial charge is 0.379 e. The summed E-state index contributed by atoms with van der Waals surface area (Å²) in [5.41, 5.74) is 0. The Morgan fingerprint density at radius 1 is 1.20 bits per heavy atom. The molecule has 0 aromatic rings. The van der Waals surface area contributed by atoms with Gasteiger partial charge in [-0.2, -0.15) is 0 Å². The first-order valence-corrected chi connectivity index (χ1v) is 8.13. The van der Waals surface area contributed by atoms with Crippen LogP contribution in [-0.2, 0) is 14.3 Å². The minimum atomic E-state index is 0.181. The molecule has 0 aromatic carbocycles. The summed E-state index contributed by atoms with van der Waals surface area (Å²) in [6, 6.07) is 0. The average molecular weight is 285 g/mol. The van der Waals surface area contributed by atoms with Gasteiger partial charge in [-0.25, -0.2) is 0 Å². The van der Waals surface area contributed by atoms with Crippen LogP contribution in [0.25, 0.3) is 0 Å². The van der Waals surface area contributed by atoms with E-state index in [-0.39, 0.29) is 12.0 Å². The Hall–Kier alpha value is -0.610. The van der Waals surface area contributed by atoms with Crippen LogP contribution in [0.5, 0.6) is 0 Å². The second-order valence-corrected chi connectivity index (χ2v) is 5.82. The van der Waals surface area contributed by atoms with Gasteiger partial charge in [-0.15, -0.1) is 0 Å². The summed E-state index contributed by atoms with van der Waals surface area (Å²) < 4.78 is 10.8. The van der Waals surface area contributed by atoms with Crippen LogP contribution >= 0.6 is 0 Å². The maximum Gasteiger partial charge on any atom is 0.220 e. The van der Waals surface area contributed by atoms with Crippen molar-refractivity contribution in [2.75, 3.05) is 26.9 Å². The second-order valence-electron chi connectivity index (χ2n) is 5.82. The molecule has 0 radical (unpaired) electrons.